The highest BCUT2D eigenvalue weighted by Crippen LogP contribution is 2.01. The molecule has 1 fully saturated rings. The van der Waals surface area contributed by atoms with Gasteiger partial charge in [0.15, 0.2) is 5.78 Å². The number of hydrogen-bond donors (Lipinski definition) is 2. The van der Waals surface area contributed by atoms with Crippen LogP contribution in [0.1, 0.15) is 13.8 Å². The maximum atomic E-state index is 11.2. The van der Waals surface area contributed by atoms with Crippen LogP contribution in [0.15, 0.2) is 4.99 Å². The van der Waals surface area contributed by atoms with E-state index in [1.54, 1.807) is 0 Å². The van der Waals surface area contributed by atoms with Crippen molar-refractivity contribution >= 4 is 17.9 Å². The summed E-state index contributed by atoms with van der Waals surface area (Å²) in [5.74, 6) is -0.945. The van der Waals surface area contributed by atoms with E-state index in [-0.39, 0.29) is 18.2 Å². The van der Waals surface area contributed by atoms with Crippen LogP contribution in [0, 0.1) is 5.92 Å². The number of likely N-dealkylation sites (N-methyl/N-ethyl adjacent to an activating group) is 1. The van der Waals surface area contributed by atoms with Crippen LogP contribution in [0.3, 0.4) is 0 Å². The van der Waals surface area contributed by atoms with E-state index in [2.05, 4.69) is 24.2 Å². The number of amides is 1. The lowest BCUT2D eigenvalue weighted by molar-refractivity contribution is -0.894. The van der Waals surface area contributed by atoms with Crippen molar-refractivity contribution in [1.82, 2.24) is 5.32 Å². The Bertz CT molecular complexity index is 269. The predicted molar refractivity (Wildman–Crippen MR) is 61.8 cm³/mol. The molecule has 5 heteroatoms. The Morgan fingerprint density at radius 3 is 2.62 bits per heavy atom. The highest BCUT2D eigenvalue weighted by atomic mass is 16.2. The number of quaternary nitrogens is 1. The number of Topliss-reactive ketones (excluding diaryl/α,β-unsaturated/α-hetero) is 1. The quantitative estimate of drug-likeness (QED) is 0.419. The predicted octanol–water partition coefficient (Wildman–Crippen LogP) is -1.70. The lowest BCUT2D eigenvalue weighted by Crippen LogP contribution is -3.11. The molecule has 1 rings (SSSR count). The van der Waals surface area contributed by atoms with Crippen molar-refractivity contribution in [2.75, 3.05) is 32.7 Å². The largest absolute Gasteiger partial charge is 0.348 e. The Morgan fingerprint density at radius 1 is 1.44 bits per heavy atom. The van der Waals surface area contributed by atoms with Gasteiger partial charge in [-0.3, -0.25) is 14.6 Å². The van der Waals surface area contributed by atoms with Crippen LogP contribution in [0.25, 0.3) is 0 Å². The van der Waals surface area contributed by atoms with Gasteiger partial charge < -0.3 is 10.2 Å². The first-order valence-corrected chi connectivity index (χ1v) is 5.83. The van der Waals surface area contributed by atoms with Crippen molar-refractivity contribution in [2.45, 2.75) is 13.8 Å². The van der Waals surface area contributed by atoms with E-state index in [1.165, 1.54) is 11.1 Å². The average molecular weight is 226 g/mol. The SMILES string of the molecule is CC[NH+](CC)CCN=CC1C(=O)CNC1=O. The summed E-state index contributed by atoms with van der Waals surface area (Å²) in [6, 6.07) is 0. The maximum Gasteiger partial charge on any atom is 0.236 e. The third-order valence-electron chi connectivity index (χ3n) is 2.92. The molecule has 0 aliphatic carbocycles. The first kappa shape index (κ1) is 12.8. The van der Waals surface area contributed by atoms with Gasteiger partial charge in [-0.25, -0.2) is 0 Å². The van der Waals surface area contributed by atoms with Gasteiger partial charge in [0.2, 0.25) is 5.91 Å². The second-order valence-electron chi connectivity index (χ2n) is 3.92. The molecule has 90 valence electrons. The zero-order valence-electron chi connectivity index (χ0n) is 9.95. The molecule has 0 spiro atoms. The van der Waals surface area contributed by atoms with Crippen LogP contribution in [-0.2, 0) is 9.59 Å². The molecule has 0 aromatic heterocycles. The van der Waals surface area contributed by atoms with E-state index < -0.39 is 5.92 Å². The van der Waals surface area contributed by atoms with Gasteiger partial charge in [0.25, 0.3) is 0 Å². The number of nitrogens with one attached hydrogen (secondary N) is 2. The molecule has 1 aliphatic rings. The fourth-order valence-corrected chi connectivity index (χ4v) is 1.70. The molecular formula is C11H20N3O2+. The Hall–Kier alpha value is -1.23. The standard InChI is InChI=1S/C11H19N3O2/c1-3-14(4-2)6-5-12-7-9-10(15)8-13-11(9)16/h7,9H,3-6,8H2,1-2H3,(H,13,16)/p+1. The molecule has 16 heavy (non-hydrogen) atoms. The van der Waals surface area contributed by atoms with Crippen molar-refractivity contribution < 1.29 is 14.5 Å². The lowest BCUT2D eigenvalue weighted by Gasteiger charge is -2.13. The molecule has 2 N–H and O–H groups in total. The molecular weight excluding hydrogens is 206 g/mol. The highest BCUT2D eigenvalue weighted by molar-refractivity contribution is 6.18. The van der Waals surface area contributed by atoms with E-state index in [0.29, 0.717) is 6.54 Å². The zero-order chi connectivity index (χ0) is 12.0. The fraction of sp³-hybridized carbons (Fsp3) is 0.727. The molecule has 1 amide bonds. The summed E-state index contributed by atoms with van der Waals surface area (Å²) in [5, 5.41) is 2.51. The minimum absolute atomic E-state index is 0.0797. The van der Waals surface area contributed by atoms with Gasteiger partial charge in [0.1, 0.15) is 5.92 Å². The number of hydrogen-bond acceptors (Lipinski definition) is 3. The topological polar surface area (TPSA) is 63.0 Å². The Labute approximate surface area is 95.9 Å². The average Bonchev–Trinajstić information content (AvgIpc) is 2.60. The second-order valence-corrected chi connectivity index (χ2v) is 3.92. The van der Waals surface area contributed by atoms with Crippen LogP contribution >= 0.6 is 0 Å². The van der Waals surface area contributed by atoms with Gasteiger partial charge in [-0.15, -0.1) is 0 Å². The smallest absolute Gasteiger partial charge is 0.236 e. The third-order valence-corrected chi connectivity index (χ3v) is 2.92. The molecule has 1 unspecified atom stereocenters. The summed E-state index contributed by atoms with van der Waals surface area (Å²) in [5.41, 5.74) is 0. The van der Waals surface area contributed by atoms with Gasteiger partial charge >= 0.3 is 0 Å². The minimum Gasteiger partial charge on any atom is -0.348 e. The van der Waals surface area contributed by atoms with E-state index in [4.69, 9.17) is 0 Å². The van der Waals surface area contributed by atoms with Crippen molar-refractivity contribution in [3.05, 3.63) is 0 Å². The van der Waals surface area contributed by atoms with Crippen LogP contribution in [0.2, 0.25) is 0 Å². The third kappa shape index (κ3) is 3.41. The molecule has 0 bridgehead atoms. The number of ketones is 1. The summed E-state index contributed by atoms with van der Waals surface area (Å²) in [7, 11) is 0. The summed E-state index contributed by atoms with van der Waals surface area (Å²) in [6.45, 7) is 8.20. The molecule has 1 heterocycles. The maximum absolute atomic E-state index is 11.2. The monoisotopic (exact) mass is 226 g/mol. The van der Waals surface area contributed by atoms with Gasteiger partial charge in [0, 0.05) is 6.21 Å². The summed E-state index contributed by atoms with van der Waals surface area (Å²) in [6.07, 6.45) is 1.49. The first-order valence-electron chi connectivity index (χ1n) is 5.83. The number of carbonyl (C=O) groups excluding carboxylic acids is 2. The zero-order valence-corrected chi connectivity index (χ0v) is 9.95. The van der Waals surface area contributed by atoms with Crippen molar-refractivity contribution in [1.29, 1.82) is 0 Å². The first-order chi connectivity index (χ1) is 7.69. The lowest BCUT2D eigenvalue weighted by atomic mass is 10.1. The Balaban J connectivity index is 2.31. The van der Waals surface area contributed by atoms with Crippen LogP contribution in [0.5, 0.6) is 0 Å². The number of nitrogens with zero attached hydrogens (tertiary/aromatic N) is 1. The number of carbonyl (C=O) groups is 2. The highest BCUT2D eigenvalue weighted by Gasteiger charge is 2.30. The van der Waals surface area contributed by atoms with E-state index in [9.17, 15) is 9.59 Å². The molecule has 0 aromatic carbocycles. The van der Waals surface area contributed by atoms with Gasteiger partial charge in [-0.1, -0.05) is 0 Å². The molecule has 1 atom stereocenters. The van der Waals surface area contributed by atoms with Crippen molar-refractivity contribution in [3.8, 4) is 0 Å². The summed E-state index contributed by atoms with van der Waals surface area (Å²) >= 11 is 0. The van der Waals surface area contributed by atoms with Crippen LogP contribution in [0.4, 0.5) is 0 Å². The van der Waals surface area contributed by atoms with Gasteiger partial charge in [0.05, 0.1) is 32.7 Å². The number of rotatable bonds is 6. The van der Waals surface area contributed by atoms with E-state index >= 15 is 0 Å². The molecule has 0 aromatic rings. The summed E-state index contributed by atoms with van der Waals surface area (Å²) in [4.78, 5) is 28.1. The molecule has 1 aliphatic heterocycles. The number of aliphatic imine (C=N–C) groups is 1. The van der Waals surface area contributed by atoms with E-state index in [1.807, 2.05) is 0 Å². The normalized spacial score (nSPS) is 21.1. The fourth-order valence-electron chi connectivity index (χ4n) is 1.70. The molecule has 0 radical (unpaired) electrons. The minimum atomic E-state index is -0.647. The van der Waals surface area contributed by atoms with Crippen LogP contribution < -0.4 is 10.2 Å². The van der Waals surface area contributed by atoms with E-state index in [0.717, 1.165) is 19.6 Å². The second kappa shape index (κ2) is 6.37. The molecule has 1 saturated heterocycles. The van der Waals surface area contributed by atoms with Gasteiger partial charge in [-0.2, -0.15) is 0 Å². The molecule has 0 saturated carbocycles. The Morgan fingerprint density at radius 2 is 2.12 bits per heavy atom. The van der Waals surface area contributed by atoms with Crippen molar-refractivity contribution in [3.63, 3.8) is 0 Å². The summed E-state index contributed by atoms with van der Waals surface area (Å²) < 4.78 is 0. The van der Waals surface area contributed by atoms with Gasteiger partial charge in [-0.05, 0) is 13.8 Å². The molecule has 5 nitrogen and oxygen atoms in total. The Kier molecular flexibility index (Phi) is 5.11. The van der Waals surface area contributed by atoms with Crippen molar-refractivity contribution in [2.24, 2.45) is 10.9 Å². The van der Waals surface area contributed by atoms with Crippen LogP contribution in [-0.4, -0.2) is 50.6 Å².